The van der Waals surface area contributed by atoms with Crippen LogP contribution in [0.3, 0.4) is 0 Å². The van der Waals surface area contributed by atoms with Crippen LogP contribution in [0.1, 0.15) is 65.7 Å². The minimum absolute atomic E-state index is 0. The van der Waals surface area contributed by atoms with Crippen LogP contribution in [0.25, 0.3) is 0 Å². The highest BCUT2D eigenvalue weighted by molar-refractivity contribution is 14.0. The Hall–Kier alpha value is 0.120. The van der Waals surface area contributed by atoms with E-state index in [0.29, 0.717) is 13.0 Å². The molecule has 0 aromatic heterocycles. The first-order valence-electron chi connectivity index (χ1n) is 10.1. The van der Waals surface area contributed by atoms with Gasteiger partial charge in [0, 0.05) is 5.97 Å². The number of carboxylic acid groups (broad SMARTS) is 1. The van der Waals surface area contributed by atoms with E-state index in [2.05, 4.69) is 20.8 Å². The number of aliphatic hydroxyl groups excluding tert-OH is 1. The van der Waals surface area contributed by atoms with Crippen molar-refractivity contribution in [3.8, 4) is 0 Å². The predicted molar refractivity (Wildman–Crippen MR) is 109 cm³/mol. The lowest BCUT2D eigenvalue weighted by Gasteiger charge is -2.57. The summed E-state index contributed by atoms with van der Waals surface area (Å²) in [6.07, 6.45) is 7.99. The van der Waals surface area contributed by atoms with E-state index < -0.39 is 5.97 Å². The van der Waals surface area contributed by atoms with Gasteiger partial charge < -0.3 is 19.5 Å². The van der Waals surface area contributed by atoms with Crippen molar-refractivity contribution in [1.82, 2.24) is 0 Å². The smallest absolute Gasteiger partial charge is 0.102 e. The van der Waals surface area contributed by atoms with E-state index in [4.69, 9.17) is 5.11 Å². The summed E-state index contributed by atoms with van der Waals surface area (Å²) >= 11 is 0. The molecule has 0 aromatic rings. The molecular weight excluding hydrogens is 429 g/mol. The molecule has 4 bridgehead atoms. The number of rotatable bonds is 7. The van der Waals surface area contributed by atoms with Gasteiger partial charge in [0.15, 0.2) is 0 Å². The number of aliphatic carboxylic acids is 1. The normalized spacial score (nSPS) is 32.6. The fraction of sp³-hybridized carbons (Fsp3) is 0.950. The van der Waals surface area contributed by atoms with E-state index in [1.165, 1.54) is 38.5 Å². The van der Waals surface area contributed by atoms with Crippen molar-refractivity contribution >= 4 is 29.9 Å². The van der Waals surface area contributed by atoms with Crippen LogP contribution in [-0.4, -0.2) is 48.3 Å². The number of halogens is 1. The number of quaternary nitrogens is 1. The topological polar surface area (TPSA) is 60.4 Å². The first kappa shape index (κ1) is 23.2. The first-order valence-corrected chi connectivity index (χ1v) is 10.1. The Balaban J connectivity index is 0.000000257. The van der Waals surface area contributed by atoms with Gasteiger partial charge >= 0.3 is 0 Å². The van der Waals surface area contributed by atoms with E-state index in [-0.39, 0.29) is 29.4 Å². The predicted octanol–water partition coefficient (Wildman–Crippen LogP) is 2.82. The number of nitrogens with zero attached hydrogens (tertiary/aromatic N) is 1. The van der Waals surface area contributed by atoms with Crippen LogP contribution < -0.4 is 5.11 Å². The van der Waals surface area contributed by atoms with Gasteiger partial charge in [-0.3, -0.25) is 0 Å². The molecule has 0 heterocycles. The van der Waals surface area contributed by atoms with Gasteiger partial charge in [-0.05, 0) is 88.9 Å². The van der Waals surface area contributed by atoms with Gasteiger partial charge in [-0.2, -0.15) is 0 Å². The largest absolute Gasteiger partial charge is 0.550 e. The van der Waals surface area contributed by atoms with Crippen molar-refractivity contribution in [3.63, 3.8) is 0 Å². The molecule has 0 aromatic carbocycles. The maximum atomic E-state index is 10.8. The zero-order valence-electron chi connectivity index (χ0n) is 16.3. The molecule has 0 unspecified atom stereocenters. The van der Waals surface area contributed by atoms with Crippen molar-refractivity contribution in [3.05, 3.63) is 0 Å². The van der Waals surface area contributed by atoms with Gasteiger partial charge in [0.25, 0.3) is 0 Å². The summed E-state index contributed by atoms with van der Waals surface area (Å²) in [4.78, 5) is 10.8. The third-order valence-corrected chi connectivity index (χ3v) is 7.27. The van der Waals surface area contributed by atoms with Gasteiger partial charge in [0.2, 0.25) is 0 Å². The number of likely N-dealkylation sites (N-methyl/N-ethyl adjacent to an activating group) is 1. The molecule has 4 rings (SSSR count). The third-order valence-electron chi connectivity index (χ3n) is 7.27. The Bertz CT molecular complexity index is 380. The zero-order valence-corrected chi connectivity index (χ0v) is 18.7. The van der Waals surface area contributed by atoms with Crippen LogP contribution in [0.15, 0.2) is 0 Å². The highest BCUT2D eigenvalue weighted by Crippen LogP contribution is 2.61. The molecule has 5 heteroatoms. The molecule has 0 spiro atoms. The number of carbonyl (C=O) groups excluding carboxylic acids is 1. The Kier molecular flexibility index (Phi) is 9.15. The van der Waals surface area contributed by atoms with Crippen LogP contribution >= 0.6 is 24.0 Å². The molecule has 25 heavy (non-hydrogen) atoms. The SMILES string of the molecule is CC[N+](CC)(CC)CCO.I.O=C([O-])CC12CC3CC(CC(C3)C1)C2. The Morgan fingerprint density at radius 1 is 1.00 bits per heavy atom. The number of aliphatic hydroxyl groups is 1. The van der Waals surface area contributed by atoms with Crippen molar-refractivity contribution in [2.24, 2.45) is 23.2 Å². The van der Waals surface area contributed by atoms with Gasteiger partial charge in [0.1, 0.15) is 6.54 Å². The molecule has 148 valence electrons. The van der Waals surface area contributed by atoms with Gasteiger partial charge in [-0.25, -0.2) is 0 Å². The molecule has 0 atom stereocenters. The van der Waals surface area contributed by atoms with Crippen LogP contribution in [0.2, 0.25) is 0 Å². The zero-order chi connectivity index (χ0) is 17.8. The third kappa shape index (κ3) is 5.80. The van der Waals surface area contributed by atoms with Gasteiger partial charge in [0.05, 0.1) is 26.2 Å². The molecule has 4 saturated carbocycles. The maximum Gasteiger partial charge on any atom is 0.102 e. The van der Waals surface area contributed by atoms with Crippen LogP contribution in [0.4, 0.5) is 0 Å². The molecule has 0 radical (unpaired) electrons. The summed E-state index contributed by atoms with van der Waals surface area (Å²) in [5, 5.41) is 19.6. The molecule has 4 aliphatic carbocycles. The fourth-order valence-electron chi connectivity index (χ4n) is 6.17. The molecule has 4 fully saturated rings. The first-order chi connectivity index (χ1) is 11.4. The Labute approximate surface area is 171 Å². The number of hydrogen-bond donors (Lipinski definition) is 1. The Morgan fingerprint density at radius 3 is 1.64 bits per heavy atom. The quantitative estimate of drug-likeness (QED) is 0.463. The second-order valence-electron chi connectivity index (χ2n) is 8.70. The van der Waals surface area contributed by atoms with Gasteiger partial charge in [-0.15, -0.1) is 24.0 Å². The lowest BCUT2D eigenvalue weighted by Crippen LogP contribution is -2.49. The van der Waals surface area contributed by atoms with Crippen molar-refractivity contribution in [2.75, 3.05) is 32.8 Å². The molecule has 0 saturated heterocycles. The Morgan fingerprint density at radius 2 is 1.40 bits per heavy atom. The average Bonchev–Trinajstić information content (AvgIpc) is 2.51. The summed E-state index contributed by atoms with van der Waals surface area (Å²) in [5.41, 5.74) is 0.160. The fourth-order valence-corrected chi connectivity index (χ4v) is 6.17. The lowest BCUT2D eigenvalue weighted by molar-refractivity contribution is -0.923. The maximum absolute atomic E-state index is 10.8. The van der Waals surface area contributed by atoms with E-state index in [9.17, 15) is 9.90 Å². The number of hydrogen-bond acceptors (Lipinski definition) is 3. The van der Waals surface area contributed by atoms with Crippen molar-refractivity contribution < 1.29 is 19.5 Å². The molecule has 1 N–H and O–H groups in total. The highest BCUT2D eigenvalue weighted by atomic mass is 127. The van der Waals surface area contributed by atoms with Gasteiger partial charge in [-0.1, -0.05) is 0 Å². The van der Waals surface area contributed by atoms with Crippen LogP contribution in [-0.2, 0) is 4.79 Å². The van der Waals surface area contributed by atoms with Crippen molar-refractivity contribution in [1.29, 1.82) is 0 Å². The lowest BCUT2D eigenvalue weighted by atomic mass is 9.49. The number of carbonyl (C=O) groups is 1. The molecule has 0 aliphatic heterocycles. The van der Waals surface area contributed by atoms with E-state index in [1.807, 2.05) is 0 Å². The molecule has 0 amide bonds. The second kappa shape index (κ2) is 9.88. The monoisotopic (exact) mass is 467 g/mol. The summed E-state index contributed by atoms with van der Waals surface area (Å²) < 4.78 is 1.05. The average molecular weight is 467 g/mol. The minimum Gasteiger partial charge on any atom is -0.550 e. The van der Waals surface area contributed by atoms with E-state index >= 15 is 0 Å². The van der Waals surface area contributed by atoms with Crippen LogP contribution in [0.5, 0.6) is 0 Å². The summed E-state index contributed by atoms with van der Waals surface area (Å²) in [6.45, 7) is 11.2. The second-order valence-corrected chi connectivity index (χ2v) is 8.70. The summed E-state index contributed by atoms with van der Waals surface area (Å²) in [6, 6.07) is 0. The van der Waals surface area contributed by atoms with E-state index in [1.54, 1.807) is 0 Å². The minimum atomic E-state index is -0.827. The number of carboxylic acids is 1. The standard InChI is InChI=1S/C12H18O2.C8H20NO.HI/c13-11(14)7-12-4-8-1-9(5-12)3-10(2-8)6-12;1-4-9(5-2,6-3)7-8-10;/h8-10H,1-7H2,(H,13,14);10H,4-8H2,1-3H3;1H/q;+1;/p-1. The summed E-state index contributed by atoms with van der Waals surface area (Å²) in [7, 11) is 0. The summed E-state index contributed by atoms with van der Waals surface area (Å²) in [5.74, 6) is 1.72. The van der Waals surface area contributed by atoms with Crippen LogP contribution in [0, 0.1) is 23.2 Å². The van der Waals surface area contributed by atoms with E-state index in [0.717, 1.165) is 48.4 Å². The molecule has 4 aliphatic rings. The molecular formula is C20H38INO3. The molecule has 4 nitrogen and oxygen atoms in total. The highest BCUT2D eigenvalue weighted by Gasteiger charge is 2.50. The van der Waals surface area contributed by atoms with Crippen molar-refractivity contribution in [2.45, 2.75) is 65.7 Å².